The lowest BCUT2D eigenvalue weighted by molar-refractivity contribution is 0.0605. The van der Waals surface area contributed by atoms with Crippen LogP contribution in [-0.4, -0.2) is 24.0 Å². The highest BCUT2D eigenvalue weighted by Gasteiger charge is 2.17. The number of ether oxygens (including phenoxy) is 2. The van der Waals surface area contributed by atoms with Gasteiger partial charge in [0.1, 0.15) is 17.2 Å². The molecule has 3 aromatic rings. The Morgan fingerprint density at radius 1 is 1.07 bits per heavy atom. The van der Waals surface area contributed by atoms with Crippen LogP contribution in [0.25, 0.3) is 0 Å². The molecule has 27 heavy (non-hydrogen) atoms. The van der Waals surface area contributed by atoms with Crippen LogP contribution in [0.1, 0.15) is 31.3 Å². The van der Waals surface area contributed by atoms with Gasteiger partial charge in [0.2, 0.25) is 0 Å². The molecule has 0 unspecified atom stereocenters. The summed E-state index contributed by atoms with van der Waals surface area (Å²) in [5, 5.41) is 3.06. The van der Waals surface area contributed by atoms with E-state index in [1.54, 1.807) is 19.1 Å². The average molecular weight is 382 g/mol. The zero-order chi connectivity index (χ0) is 19.2. The Labute approximate surface area is 160 Å². The molecule has 0 atom stereocenters. The molecule has 7 heteroatoms. The highest BCUT2D eigenvalue weighted by molar-refractivity contribution is 7.17. The second-order valence-electron chi connectivity index (χ2n) is 5.68. The first-order valence-electron chi connectivity index (χ1n) is 8.20. The van der Waals surface area contributed by atoms with Crippen molar-refractivity contribution in [2.45, 2.75) is 13.5 Å². The van der Waals surface area contributed by atoms with E-state index >= 15 is 0 Å². The van der Waals surface area contributed by atoms with Crippen molar-refractivity contribution in [2.75, 3.05) is 12.4 Å². The molecule has 0 aliphatic heterocycles. The number of para-hydroxylation sites is 1. The van der Waals surface area contributed by atoms with Crippen molar-refractivity contribution in [2.24, 2.45) is 0 Å². The summed E-state index contributed by atoms with van der Waals surface area (Å²) in [6.45, 7) is 2.11. The third-order valence-electron chi connectivity index (χ3n) is 3.75. The van der Waals surface area contributed by atoms with E-state index in [0.29, 0.717) is 27.9 Å². The van der Waals surface area contributed by atoms with Crippen molar-refractivity contribution in [3.05, 3.63) is 76.3 Å². The van der Waals surface area contributed by atoms with Crippen molar-refractivity contribution >= 4 is 28.3 Å². The standard InChI is InChI=1S/C20H18N2O4S/c1-13-17(19(24)25-2)27-20(21-13)22-18(23)15-10-8-14(9-11-15)12-26-16-6-4-3-5-7-16/h3-11H,12H2,1-2H3,(H,21,22,23). The van der Waals surface area contributed by atoms with Crippen LogP contribution >= 0.6 is 11.3 Å². The molecule has 0 saturated heterocycles. The Balaban J connectivity index is 1.61. The molecular weight excluding hydrogens is 364 g/mol. The number of amides is 1. The van der Waals surface area contributed by atoms with E-state index in [2.05, 4.69) is 10.3 Å². The number of carbonyl (C=O) groups excluding carboxylic acids is 2. The van der Waals surface area contributed by atoms with Crippen LogP contribution in [0.3, 0.4) is 0 Å². The number of anilines is 1. The number of hydrogen-bond donors (Lipinski definition) is 1. The quantitative estimate of drug-likeness (QED) is 0.650. The molecule has 138 valence electrons. The highest BCUT2D eigenvalue weighted by atomic mass is 32.1. The second-order valence-corrected chi connectivity index (χ2v) is 6.68. The normalized spacial score (nSPS) is 10.3. The van der Waals surface area contributed by atoms with Gasteiger partial charge in [0, 0.05) is 5.56 Å². The predicted molar refractivity (Wildman–Crippen MR) is 103 cm³/mol. The van der Waals surface area contributed by atoms with Crippen molar-refractivity contribution in [3.8, 4) is 5.75 Å². The minimum Gasteiger partial charge on any atom is -0.489 e. The molecule has 0 fully saturated rings. The summed E-state index contributed by atoms with van der Waals surface area (Å²) in [5.74, 6) is 0.0313. The largest absolute Gasteiger partial charge is 0.489 e. The molecule has 1 amide bonds. The highest BCUT2D eigenvalue weighted by Crippen LogP contribution is 2.24. The first kappa shape index (κ1) is 18.6. The number of hydrogen-bond acceptors (Lipinski definition) is 6. The van der Waals surface area contributed by atoms with Gasteiger partial charge in [0.05, 0.1) is 12.8 Å². The number of esters is 1. The monoisotopic (exact) mass is 382 g/mol. The molecule has 1 aromatic heterocycles. The Morgan fingerprint density at radius 2 is 1.78 bits per heavy atom. The third kappa shape index (κ3) is 4.71. The second kappa shape index (κ2) is 8.46. The van der Waals surface area contributed by atoms with Crippen molar-refractivity contribution in [3.63, 3.8) is 0 Å². The van der Waals surface area contributed by atoms with Gasteiger partial charge in [0.15, 0.2) is 5.13 Å². The molecule has 0 bridgehead atoms. The third-order valence-corrected chi connectivity index (χ3v) is 4.81. The van der Waals surface area contributed by atoms with Crippen LogP contribution in [0.5, 0.6) is 5.75 Å². The van der Waals surface area contributed by atoms with Crippen LogP contribution in [0, 0.1) is 6.92 Å². The summed E-state index contributed by atoms with van der Waals surface area (Å²) in [6, 6.07) is 16.7. The number of aromatic nitrogens is 1. The lowest BCUT2D eigenvalue weighted by Gasteiger charge is -2.07. The molecule has 0 saturated carbocycles. The van der Waals surface area contributed by atoms with E-state index in [4.69, 9.17) is 9.47 Å². The number of aryl methyl sites for hydroxylation is 1. The van der Waals surface area contributed by atoms with Crippen molar-refractivity contribution < 1.29 is 19.1 Å². The Bertz CT molecular complexity index is 936. The molecule has 0 aliphatic carbocycles. The minimum absolute atomic E-state index is 0.296. The van der Waals surface area contributed by atoms with Gasteiger partial charge in [-0.15, -0.1) is 0 Å². The van der Waals surface area contributed by atoms with E-state index in [1.165, 1.54) is 7.11 Å². The first-order chi connectivity index (χ1) is 13.1. The first-order valence-corrected chi connectivity index (χ1v) is 9.02. The van der Waals surface area contributed by atoms with Crippen LogP contribution < -0.4 is 10.1 Å². The molecular formula is C20H18N2O4S. The predicted octanol–water partition coefficient (Wildman–Crippen LogP) is 4.07. The maximum absolute atomic E-state index is 12.4. The number of methoxy groups -OCH3 is 1. The topological polar surface area (TPSA) is 77.5 Å². The summed E-state index contributed by atoms with van der Waals surface area (Å²) >= 11 is 1.09. The number of nitrogens with one attached hydrogen (secondary N) is 1. The van der Waals surface area contributed by atoms with E-state index in [-0.39, 0.29) is 5.91 Å². The molecule has 0 radical (unpaired) electrons. The van der Waals surface area contributed by atoms with Crippen molar-refractivity contribution in [1.82, 2.24) is 4.98 Å². The number of benzene rings is 2. The van der Waals surface area contributed by atoms with Gasteiger partial charge < -0.3 is 9.47 Å². The minimum atomic E-state index is -0.465. The summed E-state index contributed by atoms with van der Waals surface area (Å²) < 4.78 is 10.4. The van der Waals surface area contributed by atoms with Crippen molar-refractivity contribution in [1.29, 1.82) is 0 Å². The number of rotatable bonds is 6. The van der Waals surface area contributed by atoms with Gasteiger partial charge in [-0.25, -0.2) is 9.78 Å². The van der Waals surface area contributed by atoms with Crippen LogP contribution in [0.4, 0.5) is 5.13 Å². The summed E-state index contributed by atoms with van der Waals surface area (Å²) in [6.07, 6.45) is 0. The fraction of sp³-hybridized carbons (Fsp3) is 0.150. The molecule has 0 aliphatic rings. The van der Waals surface area contributed by atoms with Gasteiger partial charge in [0.25, 0.3) is 5.91 Å². The maximum atomic E-state index is 12.4. The fourth-order valence-corrected chi connectivity index (χ4v) is 3.22. The van der Waals surface area contributed by atoms with Crippen LogP contribution in [0.15, 0.2) is 54.6 Å². The zero-order valence-electron chi connectivity index (χ0n) is 14.9. The molecule has 6 nitrogen and oxygen atoms in total. The lowest BCUT2D eigenvalue weighted by atomic mass is 10.1. The Kier molecular flexibility index (Phi) is 5.83. The molecule has 3 rings (SSSR count). The molecule has 0 spiro atoms. The van der Waals surface area contributed by atoms with Gasteiger partial charge in [-0.1, -0.05) is 41.7 Å². The number of carbonyl (C=O) groups is 2. The van der Waals surface area contributed by atoms with Crippen LogP contribution in [0.2, 0.25) is 0 Å². The molecule has 1 heterocycles. The summed E-state index contributed by atoms with van der Waals surface area (Å²) in [5.41, 5.74) is 1.97. The Morgan fingerprint density at radius 3 is 2.44 bits per heavy atom. The lowest BCUT2D eigenvalue weighted by Crippen LogP contribution is -2.11. The average Bonchev–Trinajstić information content (AvgIpc) is 3.07. The number of nitrogens with zero attached hydrogens (tertiary/aromatic N) is 1. The van der Waals surface area contributed by atoms with E-state index in [0.717, 1.165) is 22.6 Å². The SMILES string of the molecule is COC(=O)c1sc(NC(=O)c2ccc(COc3ccccc3)cc2)nc1C. The van der Waals surface area contributed by atoms with Crippen LogP contribution in [-0.2, 0) is 11.3 Å². The molecule has 2 aromatic carbocycles. The smallest absolute Gasteiger partial charge is 0.350 e. The van der Waals surface area contributed by atoms with E-state index < -0.39 is 5.97 Å². The zero-order valence-corrected chi connectivity index (χ0v) is 15.7. The molecule has 1 N–H and O–H groups in total. The summed E-state index contributed by atoms with van der Waals surface area (Å²) in [4.78, 5) is 28.6. The maximum Gasteiger partial charge on any atom is 0.350 e. The van der Waals surface area contributed by atoms with Gasteiger partial charge in [-0.05, 0) is 36.8 Å². The number of thiazole rings is 1. The van der Waals surface area contributed by atoms with Gasteiger partial charge >= 0.3 is 5.97 Å². The fourth-order valence-electron chi connectivity index (χ4n) is 2.34. The summed E-state index contributed by atoms with van der Waals surface area (Å²) in [7, 11) is 1.31. The van der Waals surface area contributed by atoms with E-state index in [9.17, 15) is 9.59 Å². The van der Waals surface area contributed by atoms with E-state index in [1.807, 2.05) is 42.5 Å². The van der Waals surface area contributed by atoms with Gasteiger partial charge in [-0.2, -0.15) is 0 Å². The Hall–Kier alpha value is -3.19. The van der Waals surface area contributed by atoms with Gasteiger partial charge in [-0.3, -0.25) is 10.1 Å².